The first-order chi connectivity index (χ1) is 17.4. The SMILES string of the molecule is COCOC(C1=C2O[C@H]3[C@H](OCc4ccccc4)[C@@H](/C=C/I)[C@@]2(C[C@H]3C)OC1=O)[C@H](C)C[C@H](C)C=O. The van der Waals surface area contributed by atoms with Crippen LogP contribution in [0.15, 0.2) is 51.8 Å². The topological polar surface area (TPSA) is 80.3 Å². The lowest BCUT2D eigenvalue weighted by molar-refractivity contribution is -0.234. The van der Waals surface area contributed by atoms with Crippen LogP contribution in [0, 0.1) is 23.7 Å². The van der Waals surface area contributed by atoms with Crippen LogP contribution < -0.4 is 0 Å². The molecule has 0 amide bonds. The Kier molecular flexibility index (Phi) is 8.91. The van der Waals surface area contributed by atoms with Gasteiger partial charge in [-0.15, -0.1) is 0 Å². The molecular weight excluding hydrogens is 575 g/mol. The molecule has 1 aliphatic carbocycles. The molecule has 196 valence electrons. The summed E-state index contributed by atoms with van der Waals surface area (Å²) in [5.74, 6) is -0.236. The number of hydrogen-bond acceptors (Lipinski definition) is 7. The van der Waals surface area contributed by atoms with Crippen molar-refractivity contribution in [2.75, 3.05) is 13.9 Å². The highest BCUT2D eigenvalue weighted by atomic mass is 127. The van der Waals surface area contributed by atoms with E-state index in [1.54, 1.807) is 7.11 Å². The summed E-state index contributed by atoms with van der Waals surface area (Å²) in [5.41, 5.74) is 0.532. The molecule has 1 aromatic rings. The Balaban J connectivity index is 1.71. The highest BCUT2D eigenvalue weighted by molar-refractivity contribution is 14.1. The predicted molar refractivity (Wildman–Crippen MR) is 142 cm³/mol. The fourth-order valence-corrected chi connectivity index (χ4v) is 6.39. The smallest absolute Gasteiger partial charge is 0.341 e. The zero-order chi connectivity index (χ0) is 25.9. The Morgan fingerprint density at radius 1 is 1.25 bits per heavy atom. The lowest BCUT2D eigenvalue weighted by Gasteiger charge is -2.55. The van der Waals surface area contributed by atoms with Gasteiger partial charge in [0.25, 0.3) is 0 Å². The van der Waals surface area contributed by atoms with Crippen molar-refractivity contribution >= 4 is 34.8 Å². The van der Waals surface area contributed by atoms with Gasteiger partial charge < -0.3 is 28.5 Å². The van der Waals surface area contributed by atoms with Crippen molar-refractivity contribution in [3.8, 4) is 0 Å². The molecule has 0 N–H and O–H groups in total. The molecule has 36 heavy (non-hydrogen) atoms. The number of rotatable bonds is 12. The van der Waals surface area contributed by atoms with E-state index in [1.165, 1.54) is 0 Å². The third-order valence-corrected chi connectivity index (χ3v) is 7.90. The van der Waals surface area contributed by atoms with E-state index in [-0.39, 0.29) is 42.7 Å². The zero-order valence-corrected chi connectivity index (χ0v) is 23.4. The maximum absolute atomic E-state index is 13.5. The van der Waals surface area contributed by atoms with E-state index in [9.17, 15) is 9.59 Å². The second-order valence-corrected chi connectivity index (χ2v) is 10.9. The van der Waals surface area contributed by atoms with Crippen LogP contribution >= 0.6 is 22.6 Å². The summed E-state index contributed by atoms with van der Waals surface area (Å²) >= 11 is 2.20. The summed E-state index contributed by atoms with van der Waals surface area (Å²) in [7, 11) is 1.54. The first-order valence-corrected chi connectivity index (χ1v) is 13.7. The minimum absolute atomic E-state index is 0.0151. The molecule has 2 saturated heterocycles. The van der Waals surface area contributed by atoms with E-state index >= 15 is 0 Å². The van der Waals surface area contributed by atoms with E-state index < -0.39 is 17.7 Å². The molecule has 2 bridgehead atoms. The Hall–Kier alpha value is -1.75. The Labute approximate surface area is 226 Å². The fraction of sp³-hybridized carbons (Fsp3) is 0.571. The second-order valence-electron chi connectivity index (χ2n) is 10.2. The van der Waals surface area contributed by atoms with Crippen molar-refractivity contribution in [1.29, 1.82) is 0 Å². The number of halogens is 1. The molecule has 4 aliphatic rings. The molecule has 1 unspecified atom stereocenters. The highest BCUT2D eigenvalue weighted by Gasteiger charge is 2.67. The summed E-state index contributed by atoms with van der Waals surface area (Å²) in [6, 6.07) is 10.0. The molecule has 0 radical (unpaired) electrons. The molecule has 5 rings (SSSR count). The average molecular weight is 610 g/mol. The fourth-order valence-electron chi connectivity index (χ4n) is 5.94. The molecule has 0 aromatic heterocycles. The number of carbonyl (C=O) groups is 2. The maximum atomic E-state index is 13.5. The van der Waals surface area contributed by atoms with Gasteiger partial charge in [0.2, 0.25) is 0 Å². The standard InChI is InChI=1S/C28H35IO7/c1-17(14-30)12-18(2)23(34-16-32-4)22-26-28(36-27(22)31)13-19(3)24(35-26)25(21(28)10-11-29)33-15-20-8-6-5-7-9-20/h5-11,14,17-19,21,23-25H,12-13,15-16H2,1-4H3/b11-10+/t17-,18+,19+,21+,23?,24+,25+,28+/m0/s1. The zero-order valence-electron chi connectivity index (χ0n) is 21.2. The van der Waals surface area contributed by atoms with Gasteiger partial charge in [-0.1, -0.05) is 79.8 Å². The molecule has 1 aromatic carbocycles. The van der Waals surface area contributed by atoms with E-state index in [0.29, 0.717) is 30.8 Å². The van der Waals surface area contributed by atoms with Gasteiger partial charge in [0.15, 0.2) is 11.4 Å². The van der Waals surface area contributed by atoms with Crippen LogP contribution in [0.5, 0.6) is 0 Å². The average Bonchev–Trinajstić information content (AvgIpc) is 3.15. The molecule has 1 saturated carbocycles. The normalized spacial score (nSPS) is 31.6. The Morgan fingerprint density at radius 2 is 2.00 bits per heavy atom. The Morgan fingerprint density at radius 3 is 2.67 bits per heavy atom. The summed E-state index contributed by atoms with van der Waals surface area (Å²) in [6.07, 6.45) is 3.08. The number of esters is 1. The lowest BCUT2D eigenvalue weighted by Crippen LogP contribution is -2.64. The van der Waals surface area contributed by atoms with Gasteiger partial charge in [0.05, 0.1) is 18.6 Å². The first-order valence-electron chi connectivity index (χ1n) is 12.5. The van der Waals surface area contributed by atoms with E-state index in [2.05, 4.69) is 35.6 Å². The van der Waals surface area contributed by atoms with Crippen LogP contribution in [-0.4, -0.2) is 50.1 Å². The van der Waals surface area contributed by atoms with Crippen LogP contribution in [-0.2, 0) is 39.9 Å². The quantitative estimate of drug-likeness (QED) is 0.143. The van der Waals surface area contributed by atoms with Gasteiger partial charge in [-0.2, -0.15) is 0 Å². The first kappa shape index (κ1) is 27.3. The van der Waals surface area contributed by atoms with Crippen LogP contribution in [0.1, 0.15) is 39.2 Å². The number of ether oxygens (including phenoxy) is 5. The van der Waals surface area contributed by atoms with E-state index in [4.69, 9.17) is 23.7 Å². The van der Waals surface area contributed by atoms with E-state index in [1.807, 2.05) is 48.3 Å². The number of carbonyl (C=O) groups excluding carboxylic acids is 2. The number of hydrogen-bond donors (Lipinski definition) is 0. The van der Waals surface area contributed by atoms with Crippen LogP contribution in [0.2, 0.25) is 0 Å². The van der Waals surface area contributed by atoms with Gasteiger partial charge in [-0.05, 0) is 27.9 Å². The molecule has 1 spiro atoms. The highest BCUT2D eigenvalue weighted by Crippen LogP contribution is 2.58. The summed E-state index contributed by atoms with van der Waals surface area (Å²) in [6.45, 7) is 6.41. The third-order valence-electron chi connectivity index (χ3n) is 7.49. The second kappa shape index (κ2) is 11.8. The van der Waals surface area contributed by atoms with Crippen LogP contribution in [0.25, 0.3) is 0 Å². The molecule has 8 heteroatoms. The van der Waals surface area contributed by atoms with Gasteiger partial charge in [-0.3, -0.25) is 0 Å². The van der Waals surface area contributed by atoms with Crippen molar-refractivity contribution < 1.29 is 33.3 Å². The van der Waals surface area contributed by atoms with Crippen molar-refractivity contribution in [2.45, 2.75) is 64.1 Å². The molecule has 3 fully saturated rings. The molecule has 8 atom stereocenters. The molecular formula is C28H35IO7. The van der Waals surface area contributed by atoms with Crippen molar-refractivity contribution in [3.05, 3.63) is 57.4 Å². The minimum Gasteiger partial charge on any atom is -0.487 e. The molecule has 3 aliphatic heterocycles. The van der Waals surface area contributed by atoms with Gasteiger partial charge in [0.1, 0.15) is 30.9 Å². The molecule has 7 nitrogen and oxygen atoms in total. The van der Waals surface area contributed by atoms with E-state index in [0.717, 1.165) is 11.8 Å². The third kappa shape index (κ3) is 5.14. The van der Waals surface area contributed by atoms with Crippen molar-refractivity contribution in [3.63, 3.8) is 0 Å². The van der Waals surface area contributed by atoms with Gasteiger partial charge >= 0.3 is 5.97 Å². The van der Waals surface area contributed by atoms with Crippen molar-refractivity contribution in [1.82, 2.24) is 0 Å². The monoisotopic (exact) mass is 610 g/mol. The number of benzene rings is 1. The predicted octanol–water partition coefficient (Wildman–Crippen LogP) is 4.98. The summed E-state index contributed by atoms with van der Waals surface area (Å²) in [5, 5.41) is 0. The van der Waals surface area contributed by atoms with Crippen LogP contribution in [0.3, 0.4) is 0 Å². The molecule has 3 heterocycles. The number of aldehydes is 1. The lowest BCUT2D eigenvalue weighted by atomic mass is 9.64. The Bertz CT molecular complexity index is 993. The maximum Gasteiger partial charge on any atom is 0.341 e. The number of fused-ring (bicyclic) bond motifs is 2. The van der Waals surface area contributed by atoms with Gasteiger partial charge in [-0.25, -0.2) is 4.79 Å². The minimum atomic E-state index is -0.950. The summed E-state index contributed by atoms with van der Waals surface area (Å²) < 4.78 is 32.5. The van der Waals surface area contributed by atoms with Crippen LogP contribution in [0.4, 0.5) is 0 Å². The van der Waals surface area contributed by atoms with Gasteiger partial charge in [0, 0.05) is 19.4 Å². The van der Waals surface area contributed by atoms with Crippen molar-refractivity contribution in [2.24, 2.45) is 23.7 Å². The summed E-state index contributed by atoms with van der Waals surface area (Å²) in [4.78, 5) is 24.8. The number of methoxy groups -OCH3 is 1. The largest absolute Gasteiger partial charge is 0.487 e.